The van der Waals surface area contributed by atoms with E-state index in [0.29, 0.717) is 16.5 Å². The molecular weight excluding hydrogens is 336 g/mol. The number of carbonyl (C=O) groups excluding carboxylic acids is 1. The lowest BCUT2D eigenvalue weighted by molar-refractivity contribution is -0.119. The summed E-state index contributed by atoms with van der Waals surface area (Å²) >= 11 is 6.36. The summed E-state index contributed by atoms with van der Waals surface area (Å²) in [6.45, 7) is 1.99. The van der Waals surface area contributed by atoms with Crippen molar-refractivity contribution in [3.8, 4) is 11.4 Å². The lowest BCUT2D eigenvalue weighted by Crippen LogP contribution is -2.20. The van der Waals surface area contributed by atoms with Crippen LogP contribution < -0.4 is 5.32 Å². The Morgan fingerprint density at radius 3 is 2.88 bits per heavy atom. The van der Waals surface area contributed by atoms with E-state index < -0.39 is 0 Å². The van der Waals surface area contributed by atoms with Crippen molar-refractivity contribution in [2.45, 2.75) is 32.6 Å². The molecule has 1 aromatic carbocycles. The standard InChI is InChI=1S/C19H19ClN4O/c1-11-8-16-18(21-10-11)24-17(23-16)14-9-13(6-7-15(14)20)22-19(25)12-4-2-3-5-12/h6-10,12H,2-5H2,1H3,(H,22,25)(H,21,23,24). The number of nitrogens with one attached hydrogen (secondary N) is 2. The van der Waals surface area contributed by atoms with Gasteiger partial charge in [-0.3, -0.25) is 4.79 Å². The number of amides is 1. The van der Waals surface area contributed by atoms with Crippen LogP contribution in [0, 0.1) is 12.8 Å². The number of anilines is 1. The summed E-state index contributed by atoms with van der Waals surface area (Å²) in [6.07, 6.45) is 6.00. The molecule has 25 heavy (non-hydrogen) atoms. The second-order valence-electron chi connectivity index (χ2n) is 6.63. The number of nitrogens with zero attached hydrogens (tertiary/aromatic N) is 2. The number of hydrogen-bond donors (Lipinski definition) is 2. The summed E-state index contributed by atoms with van der Waals surface area (Å²) < 4.78 is 0. The van der Waals surface area contributed by atoms with Gasteiger partial charge in [-0.05, 0) is 49.6 Å². The van der Waals surface area contributed by atoms with Crippen molar-refractivity contribution in [2.24, 2.45) is 5.92 Å². The number of halogens is 1. The van der Waals surface area contributed by atoms with Crippen LogP contribution in [0.5, 0.6) is 0 Å². The van der Waals surface area contributed by atoms with E-state index in [4.69, 9.17) is 11.6 Å². The number of rotatable bonds is 3. The van der Waals surface area contributed by atoms with E-state index in [0.717, 1.165) is 48.0 Å². The van der Waals surface area contributed by atoms with Gasteiger partial charge in [-0.15, -0.1) is 0 Å². The van der Waals surface area contributed by atoms with Crippen LogP contribution in [0.2, 0.25) is 5.02 Å². The molecule has 2 heterocycles. The topological polar surface area (TPSA) is 70.7 Å². The average molecular weight is 355 g/mol. The molecule has 2 N–H and O–H groups in total. The Morgan fingerprint density at radius 2 is 2.08 bits per heavy atom. The summed E-state index contributed by atoms with van der Waals surface area (Å²) in [4.78, 5) is 24.4. The molecule has 0 unspecified atom stereocenters. The fourth-order valence-electron chi connectivity index (χ4n) is 3.35. The minimum atomic E-state index is 0.0904. The maximum atomic E-state index is 12.3. The van der Waals surface area contributed by atoms with Crippen molar-refractivity contribution in [3.63, 3.8) is 0 Å². The van der Waals surface area contributed by atoms with E-state index in [1.807, 2.05) is 25.1 Å². The highest BCUT2D eigenvalue weighted by Gasteiger charge is 2.23. The number of benzene rings is 1. The number of aryl methyl sites for hydroxylation is 1. The normalized spacial score (nSPS) is 15.0. The fourth-order valence-corrected chi connectivity index (χ4v) is 3.56. The van der Waals surface area contributed by atoms with Crippen LogP contribution >= 0.6 is 11.6 Å². The molecule has 4 rings (SSSR count). The molecule has 5 nitrogen and oxygen atoms in total. The van der Waals surface area contributed by atoms with Gasteiger partial charge in [-0.1, -0.05) is 24.4 Å². The highest BCUT2D eigenvalue weighted by atomic mass is 35.5. The minimum Gasteiger partial charge on any atom is -0.337 e. The van der Waals surface area contributed by atoms with Gasteiger partial charge >= 0.3 is 0 Å². The number of hydrogen-bond acceptors (Lipinski definition) is 3. The van der Waals surface area contributed by atoms with Crippen molar-refractivity contribution in [1.82, 2.24) is 15.0 Å². The van der Waals surface area contributed by atoms with Crippen LogP contribution in [0.1, 0.15) is 31.2 Å². The van der Waals surface area contributed by atoms with Crippen LogP contribution in [-0.2, 0) is 4.79 Å². The van der Waals surface area contributed by atoms with Gasteiger partial charge < -0.3 is 10.3 Å². The van der Waals surface area contributed by atoms with Crippen molar-refractivity contribution in [2.75, 3.05) is 5.32 Å². The number of fused-ring (bicyclic) bond motifs is 1. The second kappa shape index (κ2) is 6.48. The van der Waals surface area contributed by atoms with E-state index in [-0.39, 0.29) is 11.8 Å². The Morgan fingerprint density at radius 1 is 1.28 bits per heavy atom. The molecule has 128 valence electrons. The average Bonchev–Trinajstić information content (AvgIpc) is 3.25. The molecule has 3 aromatic rings. The Kier molecular flexibility index (Phi) is 4.17. The zero-order valence-corrected chi connectivity index (χ0v) is 14.7. The number of imidazole rings is 1. The Labute approximate surface area is 150 Å². The predicted molar refractivity (Wildman–Crippen MR) is 99.7 cm³/mol. The molecule has 6 heteroatoms. The SMILES string of the molecule is Cc1cnc2nc(-c3cc(NC(=O)C4CCCC4)ccc3Cl)[nH]c2c1. The third-order valence-corrected chi connectivity index (χ3v) is 5.02. The number of H-pyrrole nitrogens is 1. The number of aromatic amines is 1. The largest absolute Gasteiger partial charge is 0.337 e. The van der Waals surface area contributed by atoms with Gasteiger partial charge in [-0.25, -0.2) is 9.97 Å². The van der Waals surface area contributed by atoms with Gasteiger partial charge in [0.05, 0.1) is 10.5 Å². The number of carbonyl (C=O) groups is 1. The third kappa shape index (κ3) is 3.24. The van der Waals surface area contributed by atoms with Crippen molar-refractivity contribution in [3.05, 3.63) is 41.0 Å². The fraction of sp³-hybridized carbons (Fsp3) is 0.316. The van der Waals surface area contributed by atoms with Crippen molar-refractivity contribution < 1.29 is 4.79 Å². The van der Waals surface area contributed by atoms with E-state index in [2.05, 4.69) is 20.3 Å². The van der Waals surface area contributed by atoms with Gasteiger partial charge in [0.1, 0.15) is 5.82 Å². The van der Waals surface area contributed by atoms with Crippen LogP contribution in [0.4, 0.5) is 5.69 Å². The molecule has 1 saturated carbocycles. The summed E-state index contributed by atoms with van der Waals surface area (Å²) in [5.74, 6) is 0.861. The van der Waals surface area contributed by atoms with E-state index >= 15 is 0 Å². The van der Waals surface area contributed by atoms with E-state index in [1.165, 1.54) is 0 Å². The van der Waals surface area contributed by atoms with Crippen LogP contribution in [0.15, 0.2) is 30.5 Å². The second-order valence-corrected chi connectivity index (χ2v) is 7.04. The van der Waals surface area contributed by atoms with E-state index in [9.17, 15) is 4.79 Å². The molecule has 1 amide bonds. The molecule has 0 saturated heterocycles. The predicted octanol–water partition coefficient (Wildman–Crippen LogP) is 4.72. The van der Waals surface area contributed by atoms with Gasteiger partial charge in [0, 0.05) is 23.4 Å². The quantitative estimate of drug-likeness (QED) is 0.715. The molecule has 0 spiro atoms. The number of aromatic nitrogens is 3. The first kappa shape index (κ1) is 16.1. The maximum Gasteiger partial charge on any atom is 0.227 e. The molecular formula is C19H19ClN4O. The van der Waals surface area contributed by atoms with Crippen molar-refractivity contribution >= 4 is 34.4 Å². The third-order valence-electron chi connectivity index (χ3n) is 4.69. The molecule has 1 aliphatic carbocycles. The zero-order valence-electron chi connectivity index (χ0n) is 14.0. The molecule has 0 radical (unpaired) electrons. The van der Waals surface area contributed by atoms with E-state index in [1.54, 1.807) is 12.3 Å². The molecule has 0 atom stereocenters. The molecule has 0 bridgehead atoms. The van der Waals surface area contributed by atoms with Gasteiger partial charge in [-0.2, -0.15) is 0 Å². The highest BCUT2D eigenvalue weighted by molar-refractivity contribution is 6.33. The maximum absolute atomic E-state index is 12.3. The van der Waals surface area contributed by atoms with Crippen LogP contribution in [0.3, 0.4) is 0 Å². The molecule has 1 aliphatic rings. The number of pyridine rings is 1. The molecule has 2 aromatic heterocycles. The van der Waals surface area contributed by atoms with Crippen LogP contribution in [0.25, 0.3) is 22.6 Å². The smallest absolute Gasteiger partial charge is 0.227 e. The molecule has 0 aliphatic heterocycles. The first-order valence-electron chi connectivity index (χ1n) is 8.53. The minimum absolute atomic E-state index is 0.0904. The summed E-state index contributed by atoms with van der Waals surface area (Å²) in [7, 11) is 0. The first-order valence-corrected chi connectivity index (χ1v) is 8.91. The highest BCUT2D eigenvalue weighted by Crippen LogP contribution is 2.31. The van der Waals surface area contributed by atoms with Crippen molar-refractivity contribution in [1.29, 1.82) is 0 Å². The summed E-state index contributed by atoms with van der Waals surface area (Å²) in [5.41, 5.74) is 4.07. The lowest BCUT2D eigenvalue weighted by atomic mass is 10.1. The van der Waals surface area contributed by atoms with Gasteiger partial charge in [0.15, 0.2) is 5.65 Å². The Bertz CT molecular complexity index is 944. The summed E-state index contributed by atoms with van der Waals surface area (Å²) in [6, 6.07) is 7.47. The van der Waals surface area contributed by atoms with Gasteiger partial charge in [0.25, 0.3) is 0 Å². The summed E-state index contributed by atoms with van der Waals surface area (Å²) in [5, 5.41) is 3.59. The monoisotopic (exact) mass is 354 g/mol. The Balaban J connectivity index is 1.65. The van der Waals surface area contributed by atoms with Gasteiger partial charge in [0.2, 0.25) is 5.91 Å². The first-order chi connectivity index (χ1) is 12.1. The molecule has 1 fully saturated rings. The Hall–Kier alpha value is -2.40. The lowest BCUT2D eigenvalue weighted by Gasteiger charge is -2.11. The zero-order chi connectivity index (χ0) is 17.4. The van der Waals surface area contributed by atoms with Crippen LogP contribution in [-0.4, -0.2) is 20.9 Å².